The second-order valence-electron chi connectivity index (χ2n) is 7.27. The molecule has 1 aromatic heterocycles. The molecule has 0 spiro atoms. The monoisotopic (exact) mass is 435 g/mol. The van der Waals surface area contributed by atoms with Gasteiger partial charge in [0.1, 0.15) is 0 Å². The fourth-order valence-electron chi connectivity index (χ4n) is 3.48. The molecule has 3 aromatic rings. The molecule has 0 saturated carbocycles. The number of halogens is 1. The Morgan fingerprint density at radius 1 is 0.903 bits per heavy atom. The fraction of sp³-hybridized carbons (Fsp3) is 0.217. The van der Waals surface area contributed by atoms with Crippen LogP contribution in [0.3, 0.4) is 0 Å². The molecule has 31 heavy (non-hydrogen) atoms. The topological polar surface area (TPSA) is 78.4 Å². The molecule has 8 heteroatoms. The van der Waals surface area contributed by atoms with E-state index in [2.05, 4.69) is 15.5 Å². The first-order chi connectivity index (χ1) is 15.1. The van der Waals surface area contributed by atoms with E-state index in [0.29, 0.717) is 54.6 Å². The van der Waals surface area contributed by atoms with Crippen molar-refractivity contribution in [3.05, 3.63) is 77.4 Å². The zero-order chi connectivity index (χ0) is 21.6. The van der Waals surface area contributed by atoms with Crippen molar-refractivity contribution in [1.29, 1.82) is 0 Å². The van der Waals surface area contributed by atoms with Crippen molar-refractivity contribution in [3.63, 3.8) is 0 Å². The van der Waals surface area contributed by atoms with E-state index in [4.69, 9.17) is 11.6 Å². The van der Waals surface area contributed by atoms with E-state index >= 15 is 0 Å². The number of nitrogens with zero attached hydrogens (tertiary/aromatic N) is 4. The first-order valence-corrected chi connectivity index (χ1v) is 10.5. The number of carbonyl (C=O) groups is 2. The third-order valence-corrected chi connectivity index (χ3v) is 5.39. The summed E-state index contributed by atoms with van der Waals surface area (Å²) in [5, 5.41) is 11.6. The Balaban J connectivity index is 1.40. The van der Waals surface area contributed by atoms with Gasteiger partial charge >= 0.3 is 6.03 Å². The van der Waals surface area contributed by atoms with Crippen LogP contribution in [0.15, 0.2) is 66.9 Å². The summed E-state index contributed by atoms with van der Waals surface area (Å²) in [4.78, 5) is 29.2. The second kappa shape index (κ2) is 9.57. The summed E-state index contributed by atoms with van der Waals surface area (Å²) in [5.41, 5.74) is 2.74. The van der Waals surface area contributed by atoms with Crippen LogP contribution in [0.25, 0.3) is 11.3 Å². The number of rotatable bonds is 3. The fourth-order valence-corrected chi connectivity index (χ4v) is 3.60. The van der Waals surface area contributed by atoms with E-state index < -0.39 is 0 Å². The van der Waals surface area contributed by atoms with Crippen molar-refractivity contribution in [2.24, 2.45) is 0 Å². The molecule has 1 aliphatic heterocycles. The number of anilines is 1. The first-order valence-electron chi connectivity index (χ1n) is 10.1. The van der Waals surface area contributed by atoms with Crippen LogP contribution in [0.2, 0.25) is 5.02 Å². The second-order valence-corrected chi connectivity index (χ2v) is 7.70. The predicted molar refractivity (Wildman–Crippen MR) is 120 cm³/mol. The highest BCUT2D eigenvalue weighted by molar-refractivity contribution is 6.30. The van der Waals surface area contributed by atoms with Crippen molar-refractivity contribution in [2.75, 3.05) is 31.5 Å². The van der Waals surface area contributed by atoms with E-state index in [1.807, 2.05) is 30.3 Å². The molecule has 0 atom stereocenters. The highest BCUT2D eigenvalue weighted by Crippen LogP contribution is 2.18. The standard InChI is InChI=1S/C23H22ClN5O2/c24-19-7-9-20(10-8-19)26-23(31)29-12-4-11-28(13-14-29)22(30)18-15-21(27-25-16-18)17-5-2-1-3-6-17/h1-3,5-10,15-16H,4,11-14H2,(H,26,31). The molecule has 2 heterocycles. The first kappa shape index (κ1) is 20.8. The van der Waals surface area contributed by atoms with Gasteiger partial charge in [0.25, 0.3) is 5.91 Å². The Hall–Kier alpha value is -3.45. The van der Waals surface area contributed by atoms with Crippen molar-refractivity contribution >= 4 is 29.2 Å². The van der Waals surface area contributed by atoms with Gasteiger partial charge in [-0.3, -0.25) is 4.79 Å². The zero-order valence-corrected chi connectivity index (χ0v) is 17.6. The normalized spacial score (nSPS) is 14.1. The minimum absolute atomic E-state index is 0.105. The highest BCUT2D eigenvalue weighted by atomic mass is 35.5. The van der Waals surface area contributed by atoms with Gasteiger partial charge in [0.15, 0.2) is 0 Å². The van der Waals surface area contributed by atoms with Gasteiger partial charge < -0.3 is 15.1 Å². The number of aromatic nitrogens is 2. The average Bonchev–Trinajstić information content (AvgIpc) is 3.07. The third kappa shape index (κ3) is 5.19. The minimum Gasteiger partial charge on any atom is -0.337 e. The SMILES string of the molecule is O=C(Nc1ccc(Cl)cc1)N1CCCN(C(=O)c2cnnc(-c3ccccc3)c2)CC1. The molecule has 0 unspecified atom stereocenters. The van der Waals surface area contributed by atoms with Crippen LogP contribution < -0.4 is 5.32 Å². The van der Waals surface area contributed by atoms with E-state index in [-0.39, 0.29) is 11.9 Å². The number of benzene rings is 2. The molecular weight excluding hydrogens is 414 g/mol. The lowest BCUT2D eigenvalue weighted by atomic mass is 10.1. The van der Waals surface area contributed by atoms with Gasteiger partial charge in [0.05, 0.1) is 17.5 Å². The van der Waals surface area contributed by atoms with Crippen LogP contribution in [0.4, 0.5) is 10.5 Å². The summed E-state index contributed by atoms with van der Waals surface area (Å²) in [6.07, 6.45) is 2.19. The lowest BCUT2D eigenvalue weighted by molar-refractivity contribution is 0.0762. The smallest absolute Gasteiger partial charge is 0.321 e. The largest absolute Gasteiger partial charge is 0.337 e. The number of nitrogens with one attached hydrogen (secondary N) is 1. The Kier molecular flexibility index (Phi) is 6.43. The molecule has 0 aliphatic carbocycles. The summed E-state index contributed by atoms with van der Waals surface area (Å²) >= 11 is 5.89. The average molecular weight is 436 g/mol. The molecule has 1 saturated heterocycles. The number of amides is 3. The number of carbonyl (C=O) groups excluding carboxylic acids is 2. The molecule has 158 valence electrons. The van der Waals surface area contributed by atoms with Crippen LogP contribution in [-0.4, -0.2) is 58.1 Å². The van der Waals surface area contributed by atoms with E-state index in [0.717, 1.165) is 5.56 Å². The number of hydrogen-bond donors (Lipinski definition) is 1. The lowest BCUT2D eigenvalue weighted by Crippen LogP contribution is -2.39. The Labute approximate surface area is 185 Å². The van der Waals surface area contributed by atoms with Gasteiger partial charge in [-0.05, 0) is 36.8 Å². The molecule has 1 aliphatic rings. The van der Waals surface area contributed by atoms with Gasteiger partial charge in [-0.15, -0.1) is 0 Å². The van der Waals surface area contributed by atoms with E-state index in [1.54, 1.807) is 40.1 Å². The number of hydrogen-bond acceptors (Lipinski definition) is 4. The van der Waals surface area contributed by atoms with Crippen LogP contribution in [-0.2, 0) is 0 Å². The van der Waals surface area contributed by atoms with Crippen LogP contribution in [0.5, 0.6) is 0 Å². The molecule has 0 radical (unpaired) electrons. The van der Waals surface area contributed by atoms with Crippen molar-refractivity contribution < 1.29 is 9.59 Å². The molecule has 0 bridgehead atoms. The Morgan fingerprint density at radius 2 is 1.61 bits per heavy atom. The van der Waals surface area contributed by atoms with Gasteiger partial charge in [0.2, 0.25) is 0 Å². The maximum absolute atomic E-state index is 13.1. The van der Waals surface area contributed by atoms with Crippen LogP contribution in [0.1, 0.15) is 16.8 Å². The van der Waals surface area contributed by atoms with E-state index in [1.165, 1.54) is 6.20 Å². The maximum Gasteiger partial charge on any atom is 0.321 e. The molecule has 4 rings (SSSR count). The molecule has 1 N–H and O–H groups in total. The van der Waals surface area contributed by atoms with Gasteiger partial charge in [-0.1, -0.05) is 41.9 Å². The summed E-state index contributed by atoms with van der Waals surface area (Å²) in [5.74, 6) is -0.105. The quantitative estimate of drug-likeness (QED) is 0.669. The molecule has 1 fully saturated rings. The third-order valence-electron chi connectivity index (χ3n) is 5.14. The van der Waals surface area contributed by atoms with Gasteiger partial charge in [-0.25, -0.2) is 4.79 Å². The van der Waals surface area contributed by atoms with Crippen molar-refractivity contribution in [1.82, 2.24) is 20.0 Å². The maximum atomic E-state index is 13.1. The van der Waals surface area contributed by atoms with Gasteiger partial charge in [-0.2, -0.15) is 10.2 Å². The lowest BCUT2D eigenvalue weighted by Gasteiger charge is -2.22. The molecular formula is C23H22ClN5O2. The molecule has 7 nitrogen and oxygen atoms in total. The molecule has 3 amide bonds. The summed E-state index contributed by atoms with van der Waals surface area (Å²) < 4.78 is 0. The zero-order valence-electron chi connectivity index (χ0n) is 16.9. The summed E-state index contributed by atoms with van der Waals surface area (Å²) in [7, 11) is 0. The predicted octanol–water partition coefficient (Wildman–Crippen LogP) is 4.18. The summed E-state index contributed by atoms with van der Waals surface area (Å²) in [6, 6.07) is 18.2. The summed E-state index contributed by atoms with van der Waals surface area (Å²) in [6.45, 7) is 2.06. The van der Waals surface area contributed by atoms with E-state index in [9.17, 15) is 9.59 Å². The van der Waals surface area contributed by atoms with Crippen molar-refractivity contribution in [2.45, 2.75) is 6.42 Å². The van der Waals surface area contributed by atoms with Gasteiger partial charge in [0, 0.05) is 42.5 Å². The Morgan fingerprint density at radius 3 is 2.39 bits per heavy atom. The van der Waals surface area contributed by atoms with Crippen LogP contribution >= 0.6 is 11.6 Å². The molecule has 2 aromatic carbocycles. The van der Waals surface area contributed by atoms with Crippen LogP contribution in [0, 0.1) is 0 Å². The highest BCUT2D eigenvalue weighted by Gasteiger charge is 2.23. The van der Waals surface area contributed by atoms with Crippen molar-refractivity contribution in [3.8, 4) is 11.3 Å². The number of urea groups is 1. The Bertz CT molecular complexity index is 1060. The minimum atomic E-state index is -0.187.